The van der Waals surface area contributed by atoms with E-state index in [4.69, 9.17) is 9.15 Å². The SMILES string of the molecule is Cc1cccc(OCC(O)CSc2nnc(N3CCCCC3)n2Cc2ccco2)c1. The number of aliphatic hydroxyl groups is 1. The molecule has 1 saturated heterocycles. The summed E-state index contributed by atoms with van der Waals surface area (Å²) in [6, 6.07) is 11.7. The van der Waals surface area contributed by atoms with Crippen LogP contribution in [0.25, 0.3) is 0 Å². The summed E-state index contributed by atoms with van der Waals surface area (Å²) >= 11 is 1.49. The molecule has 0 aliphatic carbocycles. The normalized spacial score (nSPS) is 15.3. The smallest absolute Gasteiger partial charge is 0.228 e. The monoisotopic (exact) mass is 428 g/mol. The third-order valence-corrected chi connectivity index (χ3v) is 6.18. The summed E-state index contributed by atoms with van der Waals surface area (Å²) in [6.07, 6.45) is 4.68. The summed E-state index contributed by atoms with van der Waals surface area (Å²) in [7, 11) is 0. The molecule has 1 fully saturated rings. The van der Waals surface area contributed by atoms with Crippen LogP contribution < -0.4 is 9.64 Å². The van der Waals surface area contributed by atoms with Gasteiger partial charge < -0.3 is 19.2 Å². The molecule has 0 amide bonds. The molecule has 0 bridgehead atoms. The Morgan fingerprint density at radius 2 is 2.03 bits per heavy atom. The zero-order valence-electron chi connectivity index (χ0n) is 17.2. The van der Waals surface area contributed by atoms with Crippen LogP contribution in [-0.4, -0.2) is 51.4 Å². The third kappa shape index (κ3) is 5.37. The van der Waals surface area contributed by atoms with Crippen molar-refractivity contribution in [1.29, 1.82) is 0 Å². The predicted octanol–water partition coefficient (Wildman–Crippen LogP) is 3.75. The van der Waals surface area contributed by atoms with Crippen LogP contribution in [-0.2, 0) is 6.54 Å². The van der Waals surface area contributed by atoms with E-state index in [0.717, 1.165) is 41.3 Å². The van der Waals surface area contributed by atoms with E-state index in [2.05, 4.69) is 19.7 Å². The van der Waals surface area contributed by atoms with Crippen molar-refractivity contribution >= 4 is 17.7 Å². The molecule has 1 aromatic carbocycles. The van der Waals surface area contributed by atoms with Crippen molar-refractivity contribution in [3.63, 3.8) is 0 Å². The molecule has 3 heterocycles. The van der Waals surface area contributed by atoms with Crippen LogP contribution in [0.5, 0.6) is 5.75 Å². The molecule has 0 radical (unpaired) electrons. The van der Waals surface area contributed by atoms with E-state index in [-0.39, 0.29) is 6.61 Å². The van der Waals surface area contributed by atoms with Gasteiger partial charge in [-0.05, 0) is 56.0 Å². The second-order valence-electron chi connectivity index (χ2n) is 7.59. The van der Waals surface area contributed by atoms with Crippen molar-refractivity contribution in [2.45, 2.75) is 44.0 Å². The van der Waals surface area contributed by atoms with E-state index in [1.165, 1.54) is 31.0 Å². The molecule has 1 aliphatic heterocycles. The number of thioether (sulfide) groups is 1. The van der Waals surface area contributed by atoms with Gasteiger partial charge in [0.25, 0.3) is 0 Å². The number of aromatic nitrogens is 3. The van der Waals surface area contributed by atoms with E-state index < -0.39 is 6.10 Å². The maximum atomic E-state index is 10.4. The van der Waals surface area contributed by atoms with Gasteiger partial charge in [0.2, 0.25) is 5.95 Å². The minimum atomic E-state index is -0.609. The number of aliphatic hydroxyl groups excluding tert-OH is 1. The van der Waals surface area contributed by atoms with Gasteiger partial charge in [-0.15, -0.1) is 10.2 Å². The van der Waals surface area contributed by atoms with Crippen LogP contribution in [0.15, 0.2) is 52.2 Å². The van der Waals surface area contributed by atoms with Gasteiger partial charge in [-0.3, -0.25) is 4.57 Å². The highest BCUT2D eigenvalue weighted by atomic mass is 32.2. The number of aryl methyl sites for hydroxylation is 1. The number of nitrogens with zero attached hydrogens (tertiary/aromatic N) is 4. The first-order valence-electron chi connectivity index (χ1n) is 10.4. The van der Waals surface area contributed by atoms with Crippen LogP contribution in [0.3, 0.4) is 0 Å². The van der Waals surface area contributed by atoms with Crippen molar-refractivity contribution in [2.75, 3.05) is 30.3 Å². The Balaban J connectivity index is 1.40. The first-order valence-corrected chi connectivity index (χ1v) is 11.4. The number of furan rings is 1. The fraction of sp³-hybridized carbons (Fsp3) is 0.455. The van der Waals surface area contributed by atoms with E-state index >= 15 is 0 Å². The molecule has 0 spiro atoms. The lowest BCUT2D eigenvalue weighted by Crippen LogP contribution is -2.32. The van der Waals surface area contributed by atoms with Gasteiger partial charge in [-0.2, -0.15) is 0 Å². The predicted molar refractivity (Wildman–Crippen MR) is 117 cm³/mol. The largest absolute Gasteiger partial charge is 0.491 e. The van der Waals surface area contributed by atoms with E-state index in [1.807, 2.05) is 43.3 Å². The van der Waals surface area contributed by atoms with Crippen molar-refractivity contribution in [2.24, 2.45) is 0 Å². The highest BCUT2D eigenvalue weighted by Crippen LogP contribution is 2.26. The first-order chi connectivity index (χ1) is 14.7. The van der Waals surface area contributed by atoms with Gasteiger partial charge in [0.05, 0.1) is 18.9 Å². The zero-order valence-corrected chi connectivity index (χ0v) is 18.1. The van der Waals surface area contributed by atoms with Crippen LogP contribution in [0.4, 0.5) is 5.95 Å². The Kier molecular flexibility index (Phi) is 6.96. The molecule has 1 aliphatic rings. The van der Waals surface area contributed by atoms with Crippen LogP contribution in [0, 0.1) is 6.92 Å². The molecular formula is C22H28N4O3S. The van der Waals surface area contributed by atoms with Crippen molar-refractivity contribution < 1.29 is 14.3 Å². The highest BCUT2D eigenvalue weighted by molar-refractivity contribution is 7.99. The standard InChI is InChI=1S/C22H28N4O3S/c1-17-7-5-8-19(13-17)29-15-18(27)16-30-22-24-23-21(25-10-3-2-4-11-25)26(22)14-20-9-6-12-28-20/h5-9,12-13,18,27H,2-4,10-11,14-16H2,1H3. The Labute approximate surface area is 181 Å². The molecule has 4 rings (SSSR count). The Hall–Kier alpha value is -2.45. The molecule has 0 saturated carbocycles. The maximum Gasteiger partial charge on any atom is 0.228 e. The van der Waals surface area contributed by atoms with Crippen molar-refractivity contribution in [3.8, 4) is 5.75 Å². The summed E-state index contributed by atoms with van der Waals surface area (Å²) in [5, 5.41) is 20.1. The highest BCUT2D eigenvalue weighted by Gasteiger charge is 2.22. The average Bonchev–Trinajstić information content (AvgIpc) is 3.42. The summed E-state index contributed by atoms with van der Waals surface area (Å²) in [5.41, 5.74) is 1.13. The summed E-state index contributed by atoms with van der Waals surface area (Å²) in [6.45, 7) is 4.82. The topological polar surface area (TPSA) is 76.6 Å². The number of hydrogen-bond acceptors (Lipinski definition) is 7. The molecule has 1 unspecified atom stereocenters. The van der Waals surface area contributed by atoms with E-state index in [0.29, 0.717) is 12.3 Å². The Morgan fingerprint density at radius 1 is 1.17 bits per heavy atom. The fourth-order valence-corrected chi connectivity index (χ4v) is 4.37. The van der Waals surface area contributed by atoms with Crippen molar-refractivity contribution in [3.05, 3.63) is 54.0 Å². The van der Waals surface area contributed by atoms with Gasteiger partial charge in [-0.1, -0.05) is 23.9 Å². The summed E-state index contributed by atoms with van der Waals surface area (Å²) in [5.74, 6) is 2.98. The lowest BCUT2D eigenvalue weighted by atomic mass is 10.1. The van der Waals surface area contributed by atoms with E-state index in [9.17, 15) is 5.11 Å². The lowest BCUT2D eigenvalue weighted by molar-refractivity contribution is 0.126. The molecule has 2 aromatic heterocycles. The van der Waals surface area contributed by atoms with Gasteiger partial charge in [0.15, 0.2) is 5.16 Å². The third-order valence-electron chi connectivity index (χ3n) is 5.07. The van der Waals surface area contributed by atoms with Gasteiger partial charge in [0.1, 0.15) is 18.1 Å². The number of piperidine rings is 1. The van der Waals surface area contributed by atoms with Crippen molar-refractivity contribution in [1.82, 2.24) is 14.8 Å². The van der Waals surface area contributed by atoms with Crippen LogP contribution in [0.1, 0.15) is 30.6 Å². The molecule has 1 N–H and O–H groups in total. The molecule has 1 atom stereocenters. The van der Waals surface area contributed by atoms with Crippen LogP contribution >= 0.6 is 11.8 Å². The lowest BCUT2D eigenvalue weighted by Gasteiger charge is -2.27. The van der Waals surface area contributed by atoms with Gasteiger partial charge in [0, 0.05) is 18.8 Å². The minimum absolute atomic E-state index is 0.238. The number of hydrogen-bond donors (Lipinski definition) is 1. The minimum Gasteiger partial charge on any atom is -0.491 e. The molecule has 8 heteroatoms. The summed E-state index contributed by atoms with van der Waals surface area (Å²) < 4.78 is 13.4. The second kappa shape index (κ2) is 10.0. The van der Waals surface area contributed by atoms with E-state index in [1.54, 1.807) is 6.26 Å². The number of anilines is 1. The van der Waals surface area contributed by atoms with Crippen LogP contribution in [0.2, 0.25) is 0 Å². The average molecular weight is 429 g/mol. The molecule has 3 aromatic rings. The maximum absolute atomic E-state index is 10.4. The molecule has 30 heavy (non-hydrogen) atoms. The molecule has 160 valence electrons. The Morgan fingerprint density at radius 3 is 2.80 bits per heavy atom. The first kappa shape index (κ1) is 20.8. The molecular weight excluding hydrogens is 400 g/mol. The van der Waals surface area contributed by atoms with Gasteiger partial charge >= 0.3 is 0 Å². The molecule has 7 nitrogen and oxygen atoms in total. The number of benzene rings is 1. The number of rotatable bonds is 9. The quantitative estimate of drug-likeness (QED) is 0.520. The second-order valence-corrected chi connectivity index (χ2v) is 8.58. The summed E-state index contributed by atoms with van der Waals surface area (Å²) in [4.78, 5) is 2.29. The zero-order chi connectivity index (χ0) is 20.8. The fourth-order valence-electron chi connectivity index (χ4n) is 3.53. The number of ether oxygens (including phenoxy) is 1. The Bertz CT molecular complexity index is 922. The van der Waals surface area contributed by atoms with Gasteiger partial charge in [-0.25, -0.2) is 0 Å².